The fraction of sp³-hybridized carbons (Fsp3) is 0.143. The Kier molecular flexibility index (Phi) is 5.80. The summed E-state index contributed by atoms with van der Waals surface area (Å²) in [5, 5.41) is 11.4. The highest BCUT2D eigenvalue weighted by atomic mass is 32.2. The van der Waals surface area contributed by atoms with Gasteiger partial charge in [0.15, 0.2) is 5.16 Å². The lowest BCUT2D eigenvalue weighted by Gasteiger charge is -2.08. The minimum Gasteiger partial charge on any atom is -0.497 e. The van der Waals surface area contributed by atoms with Gasteiger partial charge in [0.2, 0.25) is 11.6 Å². The molecule has 1 amide bonds. The van der Waals surface area contributed by atoms with E-state index in [9.17, 15) is 9.59 Å². The van der Waals surface area contributed by atoms with Crippen LogP contribution >= 0.6 is 11.8 Å². The number of hydrogen-bond donors (Lipinski definition) is 1. The third-order valence-corrected chi connectivity index (χ3v) is 5.38. The summed E-state index contributed by atoms with van der Waals surface area (Å²) in [6.07, 6.45) is 3.35. The van der Waals surface area contributed by atoms with Crippen LogP contribution in [0.4, 0.5) is 0 Å². The molecule has 0 atom stereocenters. The van der Waals surface area contributed by atoms with Gasteiger partial charge in [-0.05, 0) is 17.7 Å². The zero-order valence-corrected chi connectivity index (χ0v) is 17.0. The Morgan fingerprint density at radius 1 is 1.10 bits per heavy atom. The molecule has 4 aromatic rings. The predicted molar refractivity (Wildman–Crippen MR) is 114 cm³/mol. The van der Waals surface area contributed by atoms with Gasteiger partial charge in [0, 0.05) is 25.0 Å². The molecule has 0 saturated carbocycles. The van der Waals surface area contributed by atoms with Gasteiger partial charge in [-0.3, -0.25) is 18.6 Å². The van der Waals surface area contributed by atoms with Gasteiger partial charge in [-0.1, -0.05) is 48.2 Å². The molecule has 2 heterocycles. The highest BCUT2D eigenvalue weighted by Gasteiger charge is 2.13. The predicted octanol–water partition coefficient (Wildman–Crippen LogP) is 2.30. The Balaban J connectivity index is 1.47. The zero-order valence-electron chi connectivity index (χ0n) is 16.2. The molecule has 1 N–H and O–H groups in total. The standard InChI is InChI=1S/C21H19N5O3S/c1-29-17-9-5-8-16(12-17)25-10-11-26-19(20(25)28)23-24-21(26)30-14-18(27)22-13-15-6-3-2-4-7-15/h2-12H,13-14H2,1H3,(H,22,27). The van der Waals surface area contributed by atoms with E-state index in [1.54, 1.807) is 30.0 Å². The number of fused-ring (bicyclic) bond motifs is 1. The second-order valence-corrected chi connectivity index (χ2v) is 7.34. The Morgan fingerprint density at radius 2 is 1.93 bits per heavy atom. The second-order valence-electron chi connectivity index (χ2n) is 6.40. The summed E-state index contributed by atoms with van der Waals surface area (Å²) in [5.41, 5.74) is 1.58. The number of carbonyl (C=O) groups excluding carboxylic acids is 1. The number of carbonyl (C=O) groups is 1. The van der Waals surface area contributed by atoms with Crippen molar-refractivity contribution < 1.29 is 9.53 Å². The molecule has 0 saturated heterocycles. The summed E-state index contributed by atoms with van der Waals surface area (Å²) < 4.78 is 8.29. The Morgan fingerprint density at radius 3 is 2.73 bits per heavy atom. The minimum absolute atomic E-state index is 0.120. The molecule has 0 unspecified atom stereocenters. The number of nitrogens with one attached hydrogen (secondary N) is 1. The van der Waals surface area contributed by atoms with Crippen molar-refractivity contribution >= 4 is 23.3 Å². The van der Waals surface area contributed by atoms with Crippen molar-refractivity contribution in [1.82, 2.24) is 24.5 Å². The molecule has 0 aliphatic carbocycles. The maximum Gasteiger partial charge on any atom is 0.300 e. The van der Waals surface area contributed by atoms with E-state index >= 15 is 0 Å². The van der Waals surface area contributed by atoms with Gasteiger partial charge >= 0.3 is 5.56 Å². The van der Waals surface area contributed by atoms with Gasteiger partial charge in [-0.15, -0.1) is 10.2 Å². The number of nitrogens with zero attached hydrogens (tertiary/aromatic N) is 4. The van der Waals surface area contributed by atoms with E-state index < -0.39 is 0 Å². The van der Waals surface area contributed by atoms with Crippen molar-refractivity contribution in [3.63, 3.8) is 0 Å². The summed E-state index contributed by atoms with van der Waals surface area (Å²) >= 11 is 1.23. The minimum atomic E-state index is -0.307. The van der Waals surface area contributed by atoms with Crippen LogP contribution in [0.5, 0.6) is 5.75 Å². The molecular formula is C21H19N5O3S. The highest BCUT2D eigenvalue weighted by Crippen LogP contribution is 2.18. The molecule has 0 aliphatic heterocycles. The molecule has 0 bridgehead atoms. The Labute approximate surface area is 176 Å². The quantitative estimate of drug-likeness (QED) is 0.461. The summed E-state index contributed by atoms with van der Waals surface area (Å²) in [5.74, 6) is 0.705. The number of rotatable bonds is 7. The van der Waals surface area contributed by atoms with Crippen LogP contribution in [0, 0.1) is 0 Å². The smallest absolute Gasteiger partial charge is 0.300 e. The van der Waals surface area contributed by atoms with Crippen LogP contribution in [-0.4, -0.2) is 37.9 Å². The van der Waals surface area contributed by atoms with Crippen molar-refractivity contribution in [3.05, 3.63) is 82.9 Å². The van der Waals surface area contributed by atoms with Crippen molar-refractivity contribution in [2.75, 3.05) is 12.9 Å². The molecular weight excluding hydrogens is 402 g/mol. The van der Waals surface area contributed by atoms with E-state index in [1.807, 2.05) is 48.5 Å². The van der Waals surface area contributed by atoms with Crippen LogP contribution in [-0.2, 0) is 11.3 Å². The first-order valence-electron chi connectivity index (χ1n) is 9.20. The number of aromatic nitrogens is 4. The van der Waals surface area contributed by atoms with Gasteiger partial charge < -0.3 is 10.1 Å². The van der Waals surface area contributed by atoms with E-state index in [0.29, 0.717) is 23.1 Å². The van der Waals surface area contributed by atoms with Gasteiger partial charge in [-0.2, -0.15) is 0 Å². The summed E-state index contributed by atoms with van der Waals surface area (Å²) in [4.78, 5) is 25.0. The van der Waals surface area contributed by atoms with E-state index in [0.717, 1.165) is 5.56 Å². The molecule has 0 fully saturated rings. The highest BCUT2D eigenvalue weighted by molar-refractivity contribution is 7.99. The molecule has 30 heavy (non-hydrogen) atoms. The van der Waals surface area contributed by atoms with Crippen LogP contribution in [0.15, 0.2) is 76.9 Å². The molecule has 8 nitrogen and oxygen atoms in total. The van der Waals surface area contributed by atoms with Crippen LogP contribution in [0.3, 0.4) is 0 Å². The lowest BCUT2D eigenvalue weighted by Crippen LogP contribution is -2.24. The average Bonchev–Trinajstić information content (AvgIpc) is 3.21. The number of amides is 1. The lowest BCUT2D eigenvalue weighted by atomic mass is 10.2. The number of benzene rings is 2. The molecule has 0 spiro atoms. The van der Waals surface area contributed by atoms with E-state index in [4.69, 9.17) is 4.74 Å². The third-order valence-electron chi connectivity index (χ3n) is 4.44. The van der Waals surface area contributed by atoms with E-state index in [2.05, 4.69) is 15.5 Å². The van der Waals surface area contributed by atoms with Crippen molar-refractivity contribution in [1.29, 1.82) is 0 Å². The van der Waals surface area contributed by atoms with Crippen molar-refractivity contribution in [3.8, 4) is 11.4 Å². The van der Waals surface area contributed by atoms with Gasteiger partial charge in [0.25, 0.3) is 0 Å². The maximum absolute atomic E-state index is 12.8. The normalized spacial score (nSPS) is 10.8. The van der Waals surface area contributed by atoms with Gasteiger partial charge in [0.05, 0.1) is 18.6 Å². The van der Waals surface area contributed by atoms with Crippen LogP contribution in [0.25, 0.3) is 11.3 Å². The number of methoxy groups -OCH3 is 1. The first-order valence-corrected chi connectivity index (χ1v) is 10.2. The zero-order chi connectivity index (χ0) is 20.9. The first kappa shape index (κ1) is 19.7. The fourth-order valence-corrected chi connectivity index (χ4v) is 3.65. The number of thioether (sulfide) groups is 1. The number of ether oxygens (including phenoxy) is 1. The summed E-state index contributed by atoms with van der Waals surface area (Å²) in [7, 11) is 1.57. The molecule has 0 aliphatic rings. The van der Waals surface area contributed by atoms with Crippen LogP contribution < -0.4 is 15.6 Å². The lowest BCUT2D eigenvalue weighted by molar-refractivity contribution is -0.118. The first-order chi connectivity index (χ1) is 14.7. The second kappa shape index (κ2) is 8.83. The molecule has 4 rings (SSSR count). The monoisotopic (exact) mass is 421 g/mol. The fourth-order valence-electron chi connectivity index (χ4n) is 2.91. The molecule has 0 radical (unpaired) electrons. The number of hydrogen-bond acceptors (Lipinski definition) is 6. The summed E-state index contributed by atoms with van der Waals surface area (Å²) in [6, 6.07) is 16.9. The SMILES string of the molecule is COc1cccc(-n2ccn3c(SCC(=O)NCc4ccccc4)nnc3c2=O)c1. The van der Waals surface area contributed by atoms with Crippen molar-refractivity contribution in [2.24, 2.45) is 0 Å². The van der Waals surface area contributed by atoms with Crippen LogP contribution in [0.2, 0.25) is 0 Å². The largest absolute Gasteiger partial charge is 0.497 e. The maximum atomic E-state index is 12.8. The van der Waals surface area contributed by atoms with Gasteiger partial charge in [-0.25, -0.2) is 0 Å². The molecule has 152 valence electrons. The third kappa shape index (κ3) is 4.20. The average molecular weight is 421 g/mol. The van der Waals surface area contributed by atoms with Gasteiger partial charge in [0.1, 0.15) is 5.75 Å². The Bertz CT molecular complexity index is 1240. The van der Waals surface area contributed by atoms with Crippen LogP contribution in [0.1, 0.15) is 5.56 Å². The van der Waals surface area contributed by atoms with Crippen molar-refractivity contribution in [2.45, 2.75) is 11.7 Å². The topological polar surface area (TPSA) is 90.5 Å². The molecule has 2 aromatic carbocycles. The molecule has 9 heteroatoms. The van der Waals surface area contributed by atoms with E-state index in [-0.39, 0.29) is 22.9 Å². The van der Waals surface area contributed by atoms with E-state index in [1.165, 1.54) is 16.3 Å². The Hall–Kier alpha value is -3.59. The molecule has 2 aromatic heterocycles. The summed E-state index contributed by atoms with van der Waals surface area (Å²) in [6.45, 7) is 0.464.